The lowest BCUT2D eigenvalue weighted by Gasteiger charge is -2.14. The van der Waals surface area contributed by atoms with Crippen LogP contribution in [-0.2, 0) is 18.3 Å². The molecular weight excluding hydrogens is 292 g/mol. The molecule has 2 rings (SSSR count). The summed E-state index contributed by atoms with van der Waals surface area (Å²) in [6.45, 7) is 8.59. The van der Waals surface area contributed by atoms with Crippen LogP contribution in [0.2, 0.25) is 0 Å². The largest absolute Gasteiger partial charge is 0.497 e. The van der Waals surface area contributed by atoms with Crippen LogP contribution in [0, 0.1) is 0 Å². The second-order valence-corrected chi connectivity index (χ2v) is 7.42. The van der Waals surface area contributed by atoms with Gasteiger partial charge in [-0.15, -0.1) is 11.3 Å². The van der Waals surface area contributed by atoms with Crippen molar-refractivity contribution in [3.63, 3.8) is 0 Å². The predicted molar refractivity (Wildman–Crippen MR) is 94.1 cm³/mol. The van der Waals surface area contributed by atoms with Crippen LogP contribution in [0.15, 0.2) is 29.6 Å². The Bertz CT molecular complexity index is 570. The third-order valence-electron chi connectivity index (χ3n) is 3.59. The average Bonchev–Trinajstić information content (AvgIpc) is 2.96. The molecule has 0 radical (unpaired) electrons. The first kappa shape index (κ1) is 17.0. The molecule has 0 fully saturated rings. The average molecular weight is 318 g/mol. The molecule has 1 aromatic heterocycles. The fourth-order valence-electron chi connectivity index (χ4n) is 2.12. The van der Waals surface area contributed by atoms with Crippen molar-refractivity contribution < 1.29 is 4.74 Å². The highest BCUT2D eigenvalue weighted by atomic mass is 32.1. The SMILES string of the molecule is COc1ccc(CCNCCc2nc(C(C)(C)C)cs2)cc1. The molecule has 0 saturated heterocycles. The molecule has 0 aliphatic rings. The lowest BCUT2D eigenvalue weighted by Crippen LogP contribution is -2.20. The zero-order chi connectivity index (χ0) is 16.0. The molecule has 0 aliphatic carbocycles. The molecule has 0 spiro atoms. The molecule has 3 nitrogen and oxygen atoms in total. The summed E-state index contributed by atoms with van der Waals surface area (Å²) in [5, 5.41) is 6.91. The van der Waals surface area contributed by atoms with Crippen molar-refractivity contribution in [3.8, 4) is 5.75 Å². The van der Waals surface area contributed by atoms with E-state index in [9.17, 15) is 0 Å². The molecule has 4 heteroatoms. The van der Waals surface area contributed by atoms with Crippen LogP contribution in [0.5, 0.6) is 5.75 Å². The Balaban J connectivity index is 1.67. The summed E-state index contributed by atoms with van der Waals surface area (Å²) >= 11 is 1.77. The Morgan fingerprint density at radius 1 is 1.09 bits per heavy atom. The van der Waals surface area contributed by atoms with E-state index in [0.29, 0.717) is 0 Å². The van der Waals surface area contributed by atoms with E-state index in [1.165, 1.54) is 16.3 Å². The molecule has 1 N–H and O–H groups in total. The van der Waals surface area contributed by atoms with Crippen molar-refractivity contribution in [2.24, 2.45) is 0 Å². The van der Waals surface area contributed by atoms with Crippen molar-refractivity contribution in [2.75, 3.05) is 20.2 Å². The molecule has 0 saturated carbocycles. The molecule has 0 amide bonds. The Morgan fingerprint density at radius 3 is 2.36 bits per heavy atom. The Labute approximate surface area is 137 Å². The number of nitrogens with one attached hydrogen (secondary N) is 1. The number of hydrogen-bond donors (Lipinski definition) is 1. The van der Waals surface area contributed by atoms with Crippen LogP contribution >= 0.6 is 11.3 Å². The van der Waals surface area contributed by atoms with Gasteiger partial charge in [0.1, 0.15) is 5.75 Å². The first-order chi connectivity index (χ1) is 10.5. The second kappa shape index (κ2) is 7.75. The van der Waals surface area contributed by atoms with E-state index in [1.807, 2.05) is 12.1 Å². The molecule has 0 bridgehead atoms. The first-order valence-corrected chi connectivity index (χ1v) is 8.65. The van der Waals surface area contributed by atoms with Gasteiger partial charge >= 0.3 is 0 Å². The minimum absolute atomic E-state index is 0.149. The molecule has 0 atom stereocenters. The Morgan fingerprint density at radius 2 is 1.77 bits per heavy atom. The van der Waals surface area contributed by atoms with Crippen molar-refractivity contribution >= 4 is 11.3 Å². The lowest BCUT2D eigenvalue weighted by molar-refractivity contribution is 0.414. The predicted octanol–water partition coefficient (Wildman–Crippen LogP) is 3.82. The van der Waals surface area contributed by atoms with Gasteiger partial charge in [0.15, 0.2) is 0 Å². The number of nitrogens with zero attached hydrogens (tertiary/aromatic N) is 1. The van der Waals surface area contributed by atoms with E-state index in [-0.39, 0.29) is 5.41 Å². The molecular formula is C18H26N2OS. The number of ether oxygens (including phenoxy) is 1. The number of methoxy groups -OCH3 is 1. The highest BCUT2D eigenvalue weighted by Gasteiger charge is 2.16. The summed E-state index contributed by atoms with van der Waals surface area (Å²) in [6.07, 6.45) is 2.04. The molecule has 0 aliphatic heterocycles. The summed E-state index contributed by atoms with van der Waals surface area (Å²) in [7, 11) is 1.69. The summed E-state index contributed by atoms with van der Waals surface area (Å²) in [5.41, 5.74) is 2.68. The van der Waals surface area contributed by atoms with Gasteiger partial charge in [0, 0.05) is 23.8 Å². The highest BCUT2D eigenvalue weighted by molar-refractivity contribution is 7.09. The summed E-state index contributed by atoms with van der Waals surface area (Å²) in [4.78, 5) is 4.72. The van der Waals surface area contributed by atoms with E-state index >= 15 is 0 Å². The molecule has 1 aromatic carbocycles. The minimum atomic E-state index is 0.149. The zero-order valence-corrected chi connectivity index (χ0v) is 14.8. The number of hydrogen-bond acceptors (Lipinski definition) is 4. The smallest absolute Gasteiger partial charge is 0.118 e. The van der Waals surface area contributed by atoms with Crippen LogP contribution in [0.4, 0.5) is 0 Å². The van der Waals surface area contributed by atoms with Crippen LogP contribution in [-0.4, -0.2) is 25.2 Å². The normalized spacial score (nSPS) is 11.6. The maximum atomic E-state index is 5.17. The van der Waals surface area contributed by atoms with Crippen molar-refractivity contribution in [1.29, 1.82) is 0 Å². The Hall–Kier alpha value is -1.39. The van der Waals surface area contributed by atoms with Crippen LogP contribution < -0.4 is 10.1 Å². The molecule has 0 unspecified atom stereocenters. The quantitative estimate of drug-likeness (QED) is 0.788. The monoisotopic (exact) mass is 318 g/mol. The number of rotatable bonds is 7. The van der Waals surface area contributed by atoms with Gasteiger partial charge in [-0.25, -0.2) is 4.98 Å². The van der Waals surface area contributed by atoms with E-state index in [2.05, 4.69) is 43.6 Å². The van der Waals surface area contributed by atoms with Gasteiger partial charge in [-0.05, 0) is 30.7 Å². The summed E-state index contributed by atoms with van der Waals surface area (Å²) < 4.78 is 5.17. The molecule has 2 aromatic rings. The van der Waals surface area contributed by atoms with Gasteiger partial charge in [-0.2, -0.15) is 0 Å². The maximum Gasteiger partial charge on any atom is 0.118 e. The van der Waals surface area contributed by atoms with E-state index in [1.54, 1.807) is 18.4 Å². The Kier molecular flexibility index (Phi) is 5.98. The standard InChI is InChI=1S/C18H26N2OS/c1-18(2,3)16-13-22-17(20-16)10-12-19-11-9-14-5-7-15(21-4)8-6-14/h5-8,13,19H,9-12H2,1-4H3. The third kappa shape index (κ3) is 5.11. The van der Waals surface area contributed by atoms with E-state index in [0.717, 1.165) is 31.7 Å². The van der Waals surface area contributed by atoms with Gasteiger partial charge in [-0.1, -0.05) is 32.9 Å². The van der Waals surface area contributed by atoms with Crippen LogP contribution in [0.1, 0.15) is 37.0 Å². The topological polar surface area (TPSA) is 34.1 Å². The van der Waals surface area contributed by atoms with Crippen LogP contribution in [0.25, 0.3) is 0 Å². The van der Waals surface area contributed by atoms with Crippen molar-refractivity contribution in [1.82, 2.24) is 10.3 Å². The van der Waals surface area contributed by atoms with Gasteiger partial charge < -0.3 is 10.1 Å². The molecule has 1 heterocycles. The van der Waals surface area contributed by atoms with Gasteiger partial charge in [0.2, 0.25) is 0 Å². The van der Waals surface area contributed by atoms with Crippen LogP contribution in [0.3, 0.4) is 0 Å². The lowest BCUT2D eigenvalue weighted by atomic mass is 9.93. The number of benzene rings is 1. The highest BCUT2D eigenvalue weighted by Crippen LogP contribution is 2.23. The summed E-state index contributed by atoms with van der Waals surface area (Å²) in [6, 6.07) is 8.27. The van der Waals surface area contributed by atoms with Gasteiger partial charge in [0.05, 0.1) is 17.8 Å². The number of thiazole rings is 1. The molecule has 22 heavy (non-hydrogen) atoms. The number of aromatic nitrogens is 1. The second-order valence-electron chi connectivity index (χ2n) is 6.47. The van der Waals surface area contributed by atoms with Gasteiger partial charge in [-0.3, -0.25) is 0 Å². The van der Waals surface area contributed by atoms with Crippen molar-refractivity contribution in [2.45, 2.75) is 39.0 Å². The van der Waals surface area contributed by atoms with Crippen molar-refractivity contribution in [3.05, 3.63) is 45.9 Å². The van der Waals surface area contributed by atoms with E-state index < -0.39 is 0 Å². The van der Waals surface area contributed by atoms with E-state index in [4.69, 9.17) is 9.72 Å². The zero-order valence-electron chi connectivity index (χ0n) is 14.0. The summed E-state index contributed by atoms with van der Waals surface area (Å²) in [5.74, 6) is 0.912. The maximum absolute atomic E-state index is 5.17. The molecule has 120 valence electrons. The third-order valence-corrected chi connectivity index (χ3v) is 4.49. The fraction of sp³-hybridized carbons (Fsp3) is 0.500. The fourth-order valence-corrected chi connectivity index (χ4v) is 3.14. The minimum Gasteiger partial charge on any atom is -0.497 e. The van der Waals surface area contributed by atoms with Gasteiger partial charge in [0.25, 0.3) is 0 Å². The first-order valence-electron chi connectivity index (χ1n) is 7.77.